The molecule has 9 aliphatic rings. The van der Waals surface area contributed by atoms with Gasteiger partial charge >= 0.3 is 36.7 Å². The maximum Gasteiger partial charge on any atom is 0.522 e. The van der Waals surface area contributed by atoms with Crippen molar-refractivity contribution in [3.05, 3.63) is 70.8 Å². The van der Waals surface area contributed by atoms with Crippen molar-refractivity contribution in [2.24, 2.45) is 11.8 Å². The number of halogens is 8. The molecular weight excluding hydrogens is 1040 g/mol. The summed E-state index contributed by atoms with van der Waals surface area (Å²) in [6.07, 6.45) is -9.64. The van der Waals surface area contributed by atoms with Crippen LogP contribution in [0.5, 0.6) is 0 Å². The number of ether oxygens (including phenoxy) is 5. The minimum Gasteiger partial charge on any atom is -0.443 e. The van der Waals surface area contributed by atoms with Gasteiger partial charge in [0.05, 0.1) is 54.4 Å². The number of amides is 2. The van der Waals surface area contributed by atoms with E-state index in [1.54, 1.807) is 16.8 Å². The van der Waals surface area contributed by atoms with E-state index in [1.165, 1.54) is 33.3 Å². The molecule has 15 rings (SSSR count). The normalized spacial score (nSPS) is 30.7. The van der Waals surface area contributed by atoms with Crippen molar-refractivity contribution in [3.8, 4) is 6.07 Å². The van der Waals surface area contributed by atoms with Crippen molar-refractivity contribution in [2.75, 3.05) is 17.2 Å². The molecule has 77 heavy (non-hydrogen) atoms. The lowest BCUT2D eigenvalue weighted by molar-refractivity contribution is -0.742. The number of nitrogens with zero attached hydrogens (tertiary/aromatic N) is 9. The number of rotatable bonds is 16. The maximum absolute atomic E-state index is 16.5. The molecule has 8 saturated carbocycles. The summed E-state index contributed by atoms with van der Waals surface area (Å²) in [7, 11) is 0. The van der Waals surface area contributed by atoms with Gasteiger partial charge in [0.2, 0.25) is 5.95 Å². The third-order valence-electron chi connectivity index (χ3n) is 15.9. The molecular formula is C47H46F8N15O7+. The van der Waals surface area contributed by atoms with Gasteiger partial charge in [0.25, 0.3) is 0 Å². The van der Waals surface area contributed by atoms with E-state index in [1.807, 2.05) is 6.07 Å². The Morgan fingerprint density at radius 3 is 1.97 bits per heavy atom. The molecule has 9 fully saturated rings. The zero-order chi connectivity index (χ0) is 53.3. The van der Waals surface area contributed by atoms with Gasteiger partial charge in [-0.2, -0.15) is 20.0 Å². The fraction of sp³-hybridized carbons (Fsp3) is 0.553. The molecule has 4 bridgehead atoms. The van der Waals surface area contributed by atoms with Crippen LogP contribution in [0.15, 0.2) is 36.7 Å². The summed E-state index contributed by atoms with van der Waals surface area (Å²) in [5.41, 5.74) is 0.197. The fourth-order valence-corrected chi connectivity index (χ4v) is 11.9. The molecule has 0 spiro atoms. The molecule has 6 aromatic rings. The largest absolute Gasteiger partial charge is 0.522 e. The number of hydrogen-bond donors (Lipinski definition) is 6. The molecule has 22 nitrogen and oxygen atoms in total. The number of anilines is 4. The molecule has 0 aromatic carbocycles. The third-order valence-corrected chi connectivity index (χ3v) is 15.9. The molecule has 6 N–H and O–H groups in total. The highest BCUT2D eigenvalue weighted by molar-refractivity contribution is 5.70. The zero-order valence-corrected chi connectivity index (χ0v) is 40.1. The topological polar surface area (TPSA) is 261 Å². The van der Waals surface area contributed by atoms with Gasteiger partial charge in [0.15, 0.2) is 18.1 Å². The van der Waals surface area contributed by atoms with Gasteiger partial charge in [-0.1, -0.05) is 0 Å². The summed E-state index contributed by atoms with van der Waals surface area (Å²) in [6.45, 7) is -2.10. The molecule has 6 aromatic heterocycles. The number of nitriles is 1. The van der Waals surface area contributed by atoms with Crippen LogP contribution in [0, 0.1) is 23.2 Å². The number of fused-ring (bicyclic) bond motifs is 2. The second-order valence-electron chi connectivity index (χ2n) is 21.3. The number of carbonyl (C=O) groups is 2. The van der Waals surface area contributed by atoms with E-state index in [4.69, 9.17) is 19.2 Å². The first-order chi connectivity index (χ1) is 36.7. The van der Waals surface area contributed by atoms with Crippen LogP contribution in [0.1, 0.15) is 116 Å². The lowest BCUT2D eigenvalue weighted by atomic mass is 9.50. The Bertz CT molecular complexity index is 3340. The van der Waals surface area contributed by atoms with Gasteiger partial charge in [-0.15, -0.1) is 26.3 Å². The number of alkyl carbamates (subject to hydrolysis) is 2. The molecule has 0 radical (unpaired) electrons. The van der Waals surface area contributed by atoms with Crippen molar-refractivity contribution in [1.82, 2.24) is 54.7 Å². The lowest BCUT2D eigenvalue weighted by Crippen LogP contribution is -2.68. The summed E-state index contributed by atoms with van der Waals surface area (Å²) in [5.74, 6) is 0.234. The summed E-state index contributed by atoms with van der Waals surface area (Å²) >= 11 is 0. The minimum atomic E-state index is -4.97. The van der Waals surface area contributed by atoms with Gasteiger partial charge in [-0.3, -0.25) is 19.0 Å². The standard InChI is InChI=1S/C47H45F8N15O7/c48-37-25(1-2-31(37)76-42(71)63-44-8-20(9-44)10-44)28-7-36(62-40-59-22(14-56)3-34-57-23(15-68(34)40)17-74-46(50,51)52)70(67-28)30-4-26(30)27-6-35-58-24(18-75-47(53,54)55)16-69(35)41(60-27)61-33-5-29(65-66-33)39-38(49)32(19-73-39)77-43(72)64-45-11-21(12-45)13-45/h3,5-7,15-16,20-21,25-26,30-32,37-39H,1-2,4,8-13,17-19H2,(H5,57,58,59,60,61,62,63,64,65,66,67,71,72)/p+1/t20?,21?,25-,26?,30?,31-,32-,37-,38-,39-,44?,45?/m0/s1. The second-order valence-corrected chi connectivity index (χ2v) is 21.3. The summed E-state index contributed by atoms with van der Waals surface area (Å²) in [6, 6.07) is 7.30. The summed E-state index contributed by atoms with van der Waals surface area (Å²) in [5, 5.41) is 32.1. The van der Waals surface area contributed by atoms with Gasteiger partial charge in [-0.25, -0.2) is 48.1 Å². The first-order valence-corrected chi connectivity index (χ1v) is 24.9. The first kappa shape index (κ1) is 49.2. The van der Waals surface area contributed by atoms with E-state index in [2.05, 4.69) is 61.0 Å². The fourth-order valence-electron chi connectivity index (χ4n) is 11.9. The van der Waals surface area contributed by atoms with Gasteiger partial charge in [0.1, 0.15) is 47.5 Å². The maximum atomic E-state index is 16.5. The molecule has 1 aliphatic heterocycles. The molecule has 8 atom stereocenters. The van der Waals surface area contributed by atoms with Crippen LogP contribution in [0.4, 0.5) is 68.2 Å². The number of aromatic amines is 2. The van der Waals surface area contributed by atoms with Crippen LogP contribution < -0.4 is 25.9 Å². The van der Waals surface area contributed by atoms with Gasteiger partial charge in [0, 0.05) is 59.9 Å². The van der Waals surface area contributed by atoms with Crippen LogP contribution in [0.3, 0.4) is 0 Å². The number of imidazole rings is 2. The number of H-pyrrole nitrogens is 2. The van der Waals surface area contributed by atoms with E-state index in [0.717, 1.165) is 38.5 Å². The van der Waals surface area contributed by atoms with Crippen molar-refractivity contribution in [1.29, 1.82) is 5.26 Å². The van der Waals surface area contributed by atoms with E-state index in [9.17, 15) is 41.2 Å². The SMILES string of the molecule is N#Cc1cc2nc(COC(F)(F)F)cn2c(Nc2cc([C@@H]3CC[C@H](OC(=O)NC45CC(C4)C5)[C@H]3F)[nH][n+]2C2CC2c2cc3nc(COC(F)(F)F)cn3c(Nc3cc([C@@H]4OC[C@H](OC(=O)NC56CC(C5)C6)[C@@H]4F)[nH]n3)n2)n1. The Balaban J connectivity index is 0.788. The van der Waals surface area contributed by atoms with Crippen molar-refractivity contribution in [3.63, 3.8) is 0 Å². The minimum absolute atomic E-state index is 0.0266. The highest BCUT2D eigenvalue weighted by Gasteiger charge is 2.59. The predicted molar refractivity (Wildman–Crippen MR) is 242 cm³/mol. The quantitative estimate of drug-likeness (QED) is 0.0414. The van der Waals surface area contributed by atoms with E-state index in [-0.39, 0.29) is 88.1 Å². The Morgan fingerprint density at radius 1 is 0.766 bits per heavy atom. The monoisotopic (exact) mass is 1080 g/mol. The van der Waals surface area contributed by atoms with Crippen molar-refractivity contribution in [2.45, 2.75) is 143 Å². The Labute approximate surface area is 428 Å². The van der Waals surface area contributed by atoms with E-state index >= 15 is 8.78 Å². The average Bonchev–Trinajstić information content (AvgIpc) is 4.20. The lowest BCUT2D eigenvalue weighted by Gasteiger charge is -2.61. The third kappa shape index (κ3) is 9.44. The zero-order valence-electron chi connectivity index (χ0n) is 40.1. The van der Waals surface area contributed by atoms with E-state index < -0.39 is 86.7 Å². The number of aromatic nitrogens is 10. The molecule has 8 aliphatic carbocycles. The number of alkyl halides is 8. The van der Waals surface area contributed by atoms with Gasteiger partial charge < -0.3 is 30.2 Å². The van der Waals surface area contributed by atoms with Crippen molar-refractivity contribution >= 4 is 47.0 Å². The van der Waals surface area contributed by atoms with Crippen LogP contribution in [-0.2, 0) is 36.9 Å². The molecule has 406 valence electrons. The van der Waals surface area contributed by atoms with Crippen LogP contribution >= 0.6 is 0 Å². The predicted octanol–water partition coefficient (Wildman–Crippen LogP) is 7.19. The highest BCUT2D eigenvalue weighted by atomic mass is 19.4. The Hall–Kier alpha value is -7.39. The summed E-state index contributed by atoms with van der Waals surface area (Å²) < 4.78 is 140. The van der Waals surface area contributed by atoms with E-state index in [0.29, 0.717) is 29.6 Å². The average molecular weight is 1080 g/mol. The number of carbonyl (C=O) groups excluding carboxylic acids is 2. The molecule has 1 saturated heterocycles. The Morgan fingerprint density at radius 2 is 1.38 bits per heavy atom. The number of nitrogens with one attached hydrogen (secondary N) is 6. The highest BCUT2D eigenvalue weighted by Crippen LogP contribution is 2.58. The van der Waals surface area contributed by atoms with Crippen LogP contribution in [0.2, 0.25) is 0 Å². The molecule has 2 amide bonds. The van der Waals surface area contributed by atoms with Crippen LogP contribution in [-0.4, -0.2) is 111 Å². The van der Waals surface area contributed by atoms with Gasteiger partial charge in [-0.05, 0) is 63.2 Å². The number of hydrogen-bond acceptors (Lipinski definition) is 15. The smallest absolute Gasteiger partial charge is 0.443 e. The first-order valence-electron chi connectivity index (χ1n) is 24.9. The molecule has 30 heteroatoms. The second kappa shape index (κ2) is 17.8. The van der Waals surface area contributed by atoms with Crippen LogP contribution in [0.25, 0.3) is 11.3 Å². The molecule has 7 heterocycles. The van der Waals surface area contributed by atoms with Crippen molar-refractivity contribution < 1.29 is 73.1 Å². The summed E-state index contributed by atoms with van der Waals surface area (Å²) in [4.78, 5) is 43.3. The molecule has 2 unspecified atom stereocenters. The Kier molecular flexibility index (Phi) is 11.4.